The predicted octanol–water partition coefficient (Wildman–Crippen LogP) is 8.28. The molecule has 0 bridgehead atoms. The van der Waals surface area contributed by atoms with Gasteiger partial charge in [0, 0.05) is 17.3 Å². The van der Waals surface area contributed by atoms with Gasteiger partial charge in [-0.25, -0.2) is 0 Å². The van der Waals surface area contributed by atoms with E-state index < -0.39 is 0 Å². The van der Waals surface area contributed by atoms with Crippen LogP contribution in [0, 0.1) is 5.41 Å². The second-order valence-electron chi connectivity index (χ2n) is 9.90. The summed E-state index contributed by atoms with van der Waals surface area (Å²) in [4.78, 5) is 0. The Bertz CT molecular complexity index is 1280. The highest BCUT2D eigenvalue weighted by Crippen LogP contribution is 2.60. The zero-order chi connectivity index (χ0) is 21.3. The summed E-state index contributed by atoms with van der Waals surface area (Å²) in [6.45, 7) is 9.59. The number of benzene rings is 3. The van der Waals surface area contributed by atoms with Crippen LogP contribution in [0.3, 0.4) is 0 Å². The van der Waals surface area contributed by atoms with E-state index in [1.807, 2.05) is 0 Å². The molecule has 1 atom stereocenters. The first-order valence-electron chi connectivity index (χ1n) is 11.4. The molecule has 0 heterocycles. The average molecular weight is 401 g/mol. The highest BCUT2D eigenvalue weighted by Gasteiger charge is 2.45. The minimum Gasteiger partial charge on any atom is -0.0619 e. The molecule has 0 aromatic heterocycles. The minimum absolute atomic E-state index is 0.0249. The Labute approximate surface area is 185 Å². The summed E-state index contributed by atoms with van der Waals surface area (Å²) in [6, 6.07) is 26.9. The van der Waals surface area contributed by atoms with E-state index in [-0.39, 0.29) is 5.41 Å². The second kappa shape index (κ2) is 6.44. The summed E-state index contributed by atoms with van der Waals surface area (Å²) < 4.78 is 0. The quantitative estimate of drug-likeness (QED) is 0.406. The maximum Gasteiger partial charge on any atom is 0.0194 e. The molecule has 3 aromatic carbocycles. The highest BCUT2D eigenvalue weighted by molar-refractivity contribution is 5.82. The van der Waals surface area contributed by atoms with Gasteiger partial charge in [0.15, 0.2) is 0 Å². The highest BCUT2D eigenvalue weighted by atomic mass is 14.5. The summed E-state index contributed by atoms with van der Waals surface area (Å²) in [5, 5.41) is 0. The van der Waals surface area contributed by atoms with Gasteiger partial charge in [-0.3, -0.25) is 0 Å². The first-order chi connectivity index (χ1) is 15.0. The van der Waals surface area contributed by atoms with Gasteiger partial charge in [-0.15, -0.1) is 0 Å². The van der Waals surface area contributed by atoms with Gasteiger partial charge in [-0.1, -0.05) is 99.6 Å². The van der Waals surface area contributed by atoms with Crippen LogP contribution in [0.2, 0.25) is 0 Å². The molecule has 6 rings (SSSR count). The molecule has 152 valence electrons. The molecule has 0 aliphatic heterocycles. The smallest absolute Gasteiger partial charge is 0.0194 e. The predicted molar refractivity (Wildman–Crippen MR) is 131 cm³/mol. The maximum atomic E-state index is 2.46. The van der Waals surface area contributed by atoms with Crippen LogP contribution >= 0.6 is 0 Å². The van der Waals surface area contributed by atoms with Crippen LogP contribution in [0.15, 0.2) is 101 Å². The molecule has 0 fully saturated rings. The summed E-state index contributed by atoms with van der Waals surface area (Å²) >= 11 is 0. The van der Waals surface area contributed by atoms with E-state index in [9.17, 15) is 0 Å². The first kappa shape index (κ1) is 18.6. The molecule has 0 N–H and O–H groups in total. The Balaban J connectivity index is 1.54. The number of hydrogen-bond acceptors (Lipinski definition) is 0. The van der Waals surface area contributed by atoms with Crippen LogP contribution in [0.5, 0.6) is 0 Å². The molecule has 3 aromatic rings. The van der Waals surface area contributed by atoms with Crippen molar-refractivity contribution in [3.05, 3.63) is 123 Å². The average Bonchev–Trinajstić information content (AvgIpc) is 3.29. The number of fused-ring (bicyclic) bond motifs is 5. The Morgan fingerprint density at radius 3 is 1.87 bits per heavy atom. The summed E-state index contributed by atoms with van der Waals surface area (Å²) in [5.74, 6) is 0.786. The molecule has 0 radical (unpaired) electrons. The lowest BCUT2D eigenvalue weighted by atomic mass is 9.65. The lowest BCUT2D eigenvalue weighted by Gasteiger charge is -2.38. The summed E-state index contributed by atoms with van der Waals surface area (Å²) in [6.07, 6.45) is 4.90. The molecule has 0 heteroatoms. The van der Waals surface area contributed by atoms with Crippen LogP contribution < -0.4 is 0 Å². The molecule has 0 amide bonds. The van der Waals surface area contributed by atoms with E-state index in [1.54, 1.807) is 0 Å². The third-order valence-electron chi connectivity index (χ3n) is 7.78. The number of hydrogen-bond donors (Lipinski definition) is 0. The monoisotopic (exact) mass is 400 g/mol. The van der Waals surface area contributed by atoms with Crippen LogP contribution in [0.1, 0.15) is 61.8 Å². The van der Waals surface area contributed by atoms with Crippen molar-refractivity contribution in [2.24, 2.45) is 5.41 Å². The van der Waals surface area contributed by atoms with Gasteiger partial charge in [0.25, 0.3) is 0 Å². The fraction of sp³-hybridized carbons (Fsp3) is 0.226. The van der Waals surface area contributed by atoms with Crippen molar-refractivity contribution in [3.63, 3.8) is 0 Å². The topological polar surface area (TPSA) is 0 Å². The molecule has 0 spiro atoms. The summed E-state index contributed by atoms with van der Waals surface area (Å²) in [5.41, 5.74) is 14.4. The van der Waals surface area contributed by atoms with Crippen molar-refractivity contribution in [1.82, 2.24) is 0 Å². The van der Waals surface area contributed by atoms with Crippen LogP contribution in [-0.2, 0) is 0 Å². The third-order valence-corrected chi connectivity index (χ3v) is 7.78. The third kappa shape index (κ3) is 2.48. The molecular weight excluding hydrogens is 372 g/mol. The zero-order valence-corrected chi connectivity index (χ0v) is 18.7. The lowest BCUT2D eigenvalue weighted by Crippen LogP contribution is -2.26. The van der Waals surface area contributed by atoms with E-state index in [1.165, 1.54) is 55.7 Å². The van der Waals surface area contributed by atoms with Crippen molar-refractivity contribution in [1.29, 1.82) is 0 Å². The van der Waals surface area contributed by atoms with Gasteiger partial charge in [0.1, 0.15) is 0 Å². The number of allylic oxidation sites excluding steroid dienone is 5. The van der Waals surface area contributed by atoms with E-state index >= 15 is 0 Å². The van der Waals surface area contributed by atoms with Gasteiger partial charge in [0.05, 0.1) is 0 Å². The van der Waals surface area contributed by atoms with Crippen molar-refractivity contribution >= 4 is 6.08 Å². The second-order valence-corrected chi connectivity index (χ2v) is 9.90. The van der Waals surface area contributed by atoms with Gasteiger partial charge in [-0.2, -0.15) is 0 Å². The van der Waals surface area contributed by atoms with Crippen LogP contribution in [0.25, 0.3) is 17.2 Å². The van der Waals surface area contributed by atoms with Crippen LogP contribution in [-0.4, -0.2) is 0 Å². The van der Waals surface area contributed by atoms with Gasteiger partial charge < -0.3 is 0 Å². The van der Waals surface area contributed by atoms with E-state index in [2.05, 4.69) is 113 Å². The fourth-order valence-electron chi connectivity index (χ4n) is 6.55. The SMILES string of the molecule is CC1=C(C(C)(C)C2c3ccccc3-c3ccccc32)C2=Cc3ccccc3C(C)C2=C1. The van der Waals surface area contributed by atoms with Gasteiger partial charge >= 0.3 is 0 Å². The Morgan fingerprint density at radius 2 is 1.23 bits per heavy atom. The van der Waals surface area contributed by atoms with E-state index in [0.29, 0.717) is 11.8 Å². The largest absolute Gasteiger partial charge is 0.0619 e. The summed E-state index contributed by atoms with van der Waals surface area (Å²) in [7, 11) is 0. The molecule has 3 aliphatic rings. The standard InChI is InChI=1S/C31H28/c1-19-17-27-20(2)22-12-6-5-11-21(22)18-28(27)29(19)31(3,4)30-25-15-9-7-13-23(25)24-14-8-10-16-26(24)30/h5-18,20,30H,1-4H3. The van der Waals surface area contributed by atoms with E-state index in [4.69, 9.17) is 0 Å². The minimum atomic E-state index is -0.0249. The molecule has 0 nitrogen and oxygen atoms in total. The first-order valence-corrected chi connectivity index (χ1v) is 11.4. The van der Waals surface area contributed by atoms with Gasteiger partial charge in [0.2, 0.25) is 0 Å². The molecule has 0 saturated carbocycles. The molecule has 3 aliphatic carbocycles. The molecule has 31 heavy (non-hydrogen) atoms. The molecular formula is C31H28. The Morgan fingerprint density at radius 1 is 0.677 bits per heavy atom. The van der Waals surface area contributed by atoms with Crippen molar-refractivity contribution in [3.8, 4) is 11.1 Å². The number of rotatable bonds is 2. The van der Waals surface area contributed by atoms with Gasteiger partial charge in [-0.05, 0) is 68.7 Å². The fourth-order valence-corrected chi connectivity index (χ4v) is 6.55. The molecule has 1 unspecified atom stereocenters. The zero-order valence-electron chi connectivity index (χ0n) is 18.7. The van der Waals surface area contributed by atoms with E-state index in [0.717, 1.165) is 0 Å². The lowest BCUT2D eigenvalue weighted by molar-refractivity contribution is 0.398. The van der Waals surface area contributed by atoms with Crippen molar-refractivity contribution < 1.29 is 0 Å². The van der Waals surface area contributed by atoms with Crippen molar-refractivity contribution in [2.45, 2.75) is 39.5 Å². The Kier molecular flexibility index (Phi) is 3.87. The Hall–Kier alpha value is -3.12. The maximum absolute atomic E-state index is 2.46. The van der Waals surface area contributed by atoms with Crippen LogP contribution in [0.4, 0.5) is 0 Å². The molecule has 0 saturated heterocycles. The van der Waals surface area contributed by atoms with Crippen molar-refractivity contribution in [2.75, 3.05) is 0 Å². The normalized spacial score (nSPS) is 19.4.